The van der Waals surface area contributed by atoms with E-state index in [9.17, 15) is 4.79 Å². The van der Waals surface area contributed by atoms with Gasteiger partial charge in [0.15, 0.2) is 0 Å². The first-order valence-corrected chi connectivity index (χ1v) is 12.0. The van der Waals surface area contributed by atoms with Crippen LogP contribution < -0.4 is 9.64 Å². The molecule has 0 spiro atoms. The number of pyridine rings is 1. The first-order chi connectivity index (χ1) is 15.5. The summed E-state index contributed by atoms with van der Waals surface area (Å²) in [4.78, 5) is 22.4. The smallest absolute Gasteiger partial charge is 0.303 e. The number of thiazole rings is 1. The van der Waals surface area contributed by atoms with Crippen LogP contribution in [0.2, 0.25) is 0 Å². The Morgan fingerprint density at radius 3 is 2.91 bits per heavy atom. The Morgan fingerprint density at radius 1 is 1.31 bits per heavy atom. The van der Waals surface area contributed by atoms with Crippen molar-refractivity contribution < 1.29 is 14.6 Å². The largest absolute Gasteiger partial charge is 0.494 e. The van der Waals surface area contributed by atoms with Crippen molar-refractivity contribution in [1.29, 1.82) is 0 Å². The topological polar surface area (TPSA) is 75.5 Å². The Bertz CT molecular complexity index is 1060. The van der Waals surface area contributed by atoms with Crippen LogP contribution in [0.5, 0.6) is 5.75 Å². The van der Waals surface area contributed by atoms with E-state index in [0.717, 1.165) is 65.6 Å². The molecule has 168 valence electrons. The lowest BCUT2D eigenvalue weighted by Gasteiger charge is -2.18. The molecular formula is C25H29N3O3S. The van der Waals surface area contributed by atoms with Crippen molar-refractivity contribution in [3.63, 3.8) is 0 Å². The minimum atomic E-state index is -0.731. The van der Waals surface area contributed by atoms with Gasteiger partial charge >= 0.3 is 5.97 Å². The molecule has 0 bridgehead atoms. The van der Waals surface area contributed by atoms with Crippen LogP contribution in [-0.4, -0.2) is 41.2 Å². The molecule has 0 unspecified atom stereocenters. The number of carbonyl (C=O) groups is 1. The van der Waals surface area contributed by atoms with Crippen molar-refractivity contribution in [2.24, 2.45) is 0 Å². The van der Waals surface area contributed by atoms with Crippen LogP contribution in [0.1, 0.15) is 48.9 Å². The highest BCUT2D eigenvalue weighted by Gasteiger charge is 2.24. The number of carboxylic acid groups (broad SMARTS) is 1. The number of rotatable bonds is 10. The number of hydrogen-bond acceptors (Lipinski definition) is 6. The number of aryl methyl sites for hydroxylation is 2. The minimum Gasteiger partial charge on any atom is -0.494 e. The fraction of sp³-hybridized carbons (Fsp3) is 0.400. The molecule has 2 aromatic heterocycles. The van der Waals surface area contributed by atoms with Crippen molar-refractivity contribution in [3.8, 4) is 16.3 Å². The summed E-state index contributed by atoms with van der Waals surface area (Å²) in [5.41, 5.74) is 4.56. The molecule has 1 N–H and O–H groups in total. The Morgan fingerprint density at radius 2 is 2.19 bits per heavy atom. The number of anilines is 1. The van der Waals surface area contributed by atoms with Crippen LogP contribution in [0.25, 0.3) is 10.6 Å². The average Bonchev–Trinajstić information content (AvgIpc) is 3.43. The minimum absolute atomic E-state index is 0.133. The van der Waals surface area contributed by atoms with Crippen molar-refractivity contribution in [2.75, 3.05) is 25.1 Å². The summed E-state index contributed by atoms with van der Waals surface area (Å²) >= 11 is 1.66. The van der Waals surface area contributed by atoms with Crippen molar-refractivity contribution >= 4 is 23.1 Å². The monoisotopic (exact) mass is 451 g/mol. The zero-order valence-corrected chi connectivity index (χ0v) is 19.4. The number of fused-ring (bicyclic) bond motifs is 1. The third-order valence-corrected chi connectivity index (χ3v) is 6.88. The fourth-order valence-electron chi connectivity index (χ4n) is 4.14. The number of aromatic nitrogens is 2. The predicted molar refractivity (Wildman–Crippen MR) is 128 cm³/mol. The van der Waals surface area contributed by atoms with E-state index < -0.39 is 5.97 Å². The summed E-state index contributed by atoms with van der Waals surface area (Å²) in [6, 6.07) is 10.2. The van der Waals surface area contributed by atoms with E-state index in [2.05, 4.69) is 39.3 Å². The van der Waals surface area contributed by atoms with Gasteiger partial charge in [0.2, 0.25) is 0 Å². The Hall–Kier alpha value is -2.93. The van der Waals surface area contributed by atoms with Gasteiger partial charge in [-0.3, -0.25) is 4.79 Å². The molecule has 7 heteroatoms. The second kappa shape index (κ2) is 10.1. The van der Waals surface area contributed by atoms with Gasteiger partial charge in [0.1, 0.15) is 16.6 Å². The molecule has 1 atom stereocenters. The maximum atomic E-state index is 11.0. The lowest BCUT2D eigenvalue weighted by molar-refractivity contribution is -0.137. The summed E-state index contributed by atoms with van der Waals surface area (Å²) < 4.78 is 5.95. The van der Waals surface area contributed by atoms with Gasteiger partial charge in [-0.15, -0.1) is 11.3 Å². The molecule has 0 amide bonds. The molecule has 3 aromatic rings. The van der Waals surface area contributed by atoms with Crippen molar-refractivity contribution in [1.82, 2.24) is 9.97 Å². The van der Waals surface area contributed by atoms with E-state index in [1.807, 2.05) is 31.4 Å². The van der Waals surface area contributed by atoms with Gasteiger partial charge in [0.25, 0.3) is 0 Å². The lowest BCUT2D eigenvalue weighted by Crippen LogP contribution is -2.21. The normalized spacial score (nSPS) is 14.9. The van der Waals surface area contributed by atoms with Gasteiger partial charge in [0, 0.05) is 30.7 Å². The molecule has 1 aromatic carbocycles. The molecular weight excluding hydrogens is 422 g/mol. The zero-order chi connectivity index (χ0) is 22.5. The molecule has 0 radical (unpaired) electrons. The third-order valence-electron chi connectivity index (χ3n) is 5.94. The lowest BCUT2D eigenvalue weighted by atomic mass is 9.98. The summed E-state index contributed by atoms with van der Waals surface area (Å²) in [5, 5.41) is 12.2. The summed E-state index contributed by atoms with van der Waals surface area (Å²) in [6.07, 6.45) is 5.76. The predicted octanol–water partition coefficient (Wildman–Crippen LogP) is 5.18. The van der Waals surface area contributed by atoms with Crippen LogP contribution >= 0.6 is 11.3 Å². The number of benzene rings is 1. The number of nitrogens with zero attached hydrogens (tertiary/aromatic N) is 3. The van der Waals surface area contributed by atoms with Gasteiger partial charge in [-0.1, -0.05) is 13.0 Å². The highest BCUT2D eigenvalue weighted by molar-refractivity contribution is 7.13. The first kappa shape index (κ1) is 22.3. The van der Waals surface area contributed by atoms with Gasteiger partial charge in [0.05, 0.1) is 18.7 Å². The molecule has 32 heavy (non-hydrogen) atoms. The van der Waals surface area contributed by atoms with E-state index in [1.54, 1.807) is 11.3 Å². The van der Waals surface area contributed by atoms with Crippen LogP contribution in [0.15, 0.2) is 41.9 Å². The van der Waals surface area contributed by atoms with E-state index in [1.165, 1.54) is 5.56 Å². The summed E-state index contributed by atoms with van der Waals surface area (Å²) in [6.45, 7) is 3.58. The highest BCUT2D eigenvalue weighted by atomic mass is 32.1. The number of hydrogen-bond donors (Lipinski definition) is 1. The zero-order valence-electron chi connectivity index (χ0n) is 18.6. The quantitative estimate of drug-likeness (QED) is 0.428. The summed E-state index contributed by atoms with van der Waals surface area (Å²) in [7, 11) is 2.04. The molecule has 2 heterocycles. The van der Waals surface area contributed by atoms with Crippen LogP contribution in [0.3, 0.4) is 0 Å². The molecule has 6 nitrogen and oxygen atoms in total. The number of carboxylic acids is 1. The summed E-state index contributed by atoms with van der Waals surface area (Å²) in [5.74, 6) is 1.20. The molecule has 0 aliphatic heterocycles. The van der Waals surface area contributed by atoms with Gasteiger partial charge in [-0.2, -0.15) is 0 Å². The molecule has 0 fully saturated rings. The van der Waals surface area contributed by atoms with E-state index in [-0.39, 0.29) is 12.3 Å². The number of aliphatic carboxylic acids is 1. The standard InChI is InChI=1S/C25H29N3O3S/c1-3-20-16-32-25(27-20)19-7-10-23(26-15-19)28(2)11-4-12-31-21-8-9-22-17(13-21)5-6-18(22)14-24(29)30/h7-10,13,15-16,18H,3-6,11-12,14H2,1-2H3,(H,29,30)/t18-/m0/s1. The third kappa shape index (κ3) is 5.27. The van der Waals surface area contributed by atoms with Gasteiger partial charge in [-0.05, 0) is 67.0 Å². The highest BCUT2D eigenvalue weighted by Crippen LogP contribution is 2.37. The molecule has 4 rings (SSSR count). The van der Waals surface area contributed by atoms with E-state index in [0.29, 0.717) is 6.61 Å². The number of ether oxygens (including phenoxy) is 1. The average molecular weight is 452 g/mol. The Labute approximate surface area is 192 Å². The van der Waals surface area contributed by atoms with Gasteiger partial charge < -0.3 is 14.7 Å². The van der Waals surface area contributed by atoms with Crippen LogP contribution in [-0.2, 0) is 17.6 Å². The fourth-order valence-corrected chi connectivity index (χ4v) is 5.04. The first-order valence-electron chi connectivity index (χ1n) is 11.1. The van der Waals surface area contributed by atoms with Gasteiger partial charge in [-0.25, -0.2) is 9.97 Å². The van der Waals surface area contributed by atoms with Crippen molar-refractivity contribution in [2.45, 2.75) is 44.9 Å². The Kier molecular flexibility index (Phi) is 7.05. The second-order valence-electron chi connectivity index (χ2n) is 8.22. The van der Waals surface area contributed by atoms with Crippen LogP contribution in [0.4, 0.5) is 5.82 Å². The SMILES string of the molecule is CCc1csc(-c2ccc(N(C)CCCOc3ccc4c(c3)CC[C@H]4CC(=O)O)nc2)n1. The van der Waals surface area contributed by atoms with Crippen molar-refractivity contribution in [3.05, 3.63) is 58.7 Å². The Balaban J connectivity index is 1.25. The molecule has 1 aliphatic rings. The van der Waals surface area contributed by atoms with E-state index >= 15 is 0 Å². The van der Waals surface area contributed by atoms with E-state index in [4.69, 9.17) is 9.84 Å². The molecule has 0 saturated carbocycles. The van der Waals surface area contributed by atoms with Crippen LogP contribution in [0, 0.1) is 0 Å². The maximum Gasteiger partial charge on any atom is 0.303 e. The maximum absolute atomic E-state index is 11.0. The molecule has 1 aliphatic carbocycles. The molecule has 0 saturated heterocycles. The second-order valence-corrected chi connectivity index (χ2v) is 9.08.